The van der Waals surface area contributed by atoms with Gasteiger partial charge in [-0.3, -0.25) is 0 Å². The minimum atomic E-state index is -5.64. The van der Waals surface area contributed by atoms with Gasteiger partial charge in [-0.15, -0.1) is 0 Å². The lowest BCUT2D eigenvalue weighted by Gasteiger charge is -2.43. The number of ether oxygens (including phenoxy) is 1. The first-order valence-electron chi connectivity index (χ1n) is 5.43. The largest absolute Gasteiger partial charge is 0.456 e. The molecule has 0 amide bonds. The summed E-state index contributed by atoms with van der Waals surface area (Å²) in [5, 5.41) is 9.77. The predicted molar refractivity (Wildman–Crippen MR) is 54.3 cm³/mol. The maximum atomic E-state index is 13.0. The van der Waals surface area contributed by atoms with Crippen LogP contribution >= 0.6 is 0 Å². The van der Waals surface area contributed by atoms with E-state index < -0.39 is 29.7 Å². The highest BCUT2D eigenvalue weighted by atomic mass is 19.4. The molecule has 1 aliphatic heterocycles. The van der Waals surface area contributed by atoms with Crippen molar-refractivity contribution in [1.82, 2.24) is 0 Å². The summed E-state index contributed by atoms with van der Waals surface area (Å²) in [6.45, 7) is 2.77. The van der Waals surface area contributed by atoms with Crippen molar-refractivity contribution < 1.29 is 31.8 Å². The Labute approximate surface area is 101 Å². The van der Waals surface area contributed by atoms with Gasteiger partial charge in [0.1, 0.15) is 6.10 Å². The molecule has 106 valence electrons. The number of rotatable bonds is 4. The topological polar surface area (TPSA) is 29.5 Å². The zero-order chi connectivity index (χ0) is 14.2. The van der Waals surface area contributed by atoms with Crippen molar-refractivity contribution in [2.24, 2.45) is 5.92 Å². The van der Waals surface area contributed by atoms with Crippen molar-refractivity contribution >= 4 is 0 Å². The third kappa shape index (κ3) is 3.00. The van der Waals surface area contributed by atoms with E-state index in [0.29, 0.717) is 0 Å². The van der Waals surface area contributed by atoms with Crippen LogP contribution in [0.2, 0.25) is 0 Å². The van der Waals surface area contributed by atoms with E-state index in [2.05, 4.69) is 4.74 Å². The summed E-state index contributed by atoms with van der Waals surface area (Å²) >= 11 is 0. The Kier molecular flexibility index (Phi) is 4.07. The zero-order valence-corrected chi connectivity index (χ0v) is 9.97. The van der Waals surface area contributed by atoms with E-state index in [9.17, 15) is 27.1 Å². The lowest BCUT2D eigenvalue weighted by Crippen LogP contribution is -2.59. The molecule has 0 radical (unpaired) electrons. The Balaban J connectivity index is 2.73. The molecule has 1 heterocycles. The molecule has 1 saturated heterocycles. The van der Waals surface area contributed by atoms with Gasteiger partial charge in [0, 0.05) is 5.92 Å². The van der Waals surface area contributed by atoms with Crippen LogP contribution < -0.4 is 0 Å². The van der Waals surface area contributed by atoms with Gasteiger partial charge < -0.3 is 9.84 Å². The quantitative estimate of drug-likeness (QED) is 0.631. The van der Waals surface area contributed by atoms with E-state index in [1.807, 2.05) is 0 Å². The van der Waals surface area contributed by atoms with Gasteiger partial charge in [0.15, 0.2) is 0 Å². The molecule has 18 heavy (non-hydrogen) atoms. The number of halogens is 5. The van der Waals surface area contributed by atoms with E-state index in [-0.39, 0.29) is 13.0 Å². The third-order valence-corrected chi connectivity index (χ3v) is 2.85. The van der Waals surface area contributed by atoms with Gasteiger partial charge in [0.05, 0.1) is 12.2 Å². The van der Waals surface area contributed by atoms with Crippen molar-refractivity contribution in [2.75, 3.05) is 6.61 Å². The molecule has 1 fully saturated rings. The smallest absolute Gasteiger partial charge is 0.386 e. The maximum absolute atomic E-state index is 13.0. The monoisotopic (exact) mass is 274 g/mol. The summed E-state index contributed by atoms with van der Waals surface area (Å²) in [7, 11) is 0. The van der Waals surface area contributed by atoms with Gasteiger partial charge in [-0.25, -0.2) is 0 Å². The van der Waals surface area contributed by atoms with Crippen LogP contribution in [0.25, 0.3) is 0 Å². The predicted octanol–water partition coefficient (Wildman–Crippen LogP) is 2.92. The minimum absolute atomic E-state index is 0.201. The van der Waals surface area contributed by atoms with Crippen LogP contribution in [0, 0.1) is 5.92 Å². The first kappa shape index (κ1) is 15.4. The Morgan fingerprint density at radius 3 is 2.17 bits per heavy atom. The van der Waals surface area contributed by atoms with E-state index >= 15 is 0 Å². The second-order valence-corrected chi connectivity index (χ2v) is 4.70. The van der Waals surface area contributed by atoms with Gasteiger partial charge in [-0.05, 0) is 20.3 Å². The fourth-order valence-corrected chi connectivity index (χ4v) is 2.01. The summed E-state index contributed by atoms with van der Waals surface area (Å²) in [6.07, 6.45) is -5.18. The second-order valence-electron chi connectivity index (χ2n) is 4.70. The number of hydrogen-bond acceptors (Lipinski definition) is 2. The molecule has 0 aromatic rings. The minimum Gasteiger partial charge on any atom is -0.386 e. The highest BCUT2D eigenvalue weighted by Crippen LogP contribution is 2.47. The van der Waals surface area contributed by atoms with Crippen LogP contribution in [0.4, 0.5) is 22.0 Å². The van der Waals surface area contributed by atoms with E-state index in [0.717, 1.165) is 0 Å². The van der Waals surface area contributed by atoms with Crippen molar-refractivity contribution in [2.45, 2.75) is 44.1 Å². The van der Waals surface area contributed by atoms with Crippen molar-refractivity contribution in [1.29, 1.82) is 0 Å². The Morgan fingerprint density at radius 2 is 1.83 bits per heavy atom. The molecule has 0 spiro atoms. The summed E-state index contributed by atoms with van der Waals surface area (Å²) in [4.78, 5) is 0. The average Bonchev–Trinajstić information content (AvgIpc) is 2.10. The van der Waals surface area contributed by atoms with Crippen LogP contribution in [0.5, 0.6) is 0 Å². The van der Waals surface area contributed by atoms with Gasteiger partial charge in [0.2, 0.25) is 0 Å². The molecule has 3 unspecified atom stereocenters. The standard InChI is InChI=1S/C11H15F5O2/c1-3-4-9(2,17)5-7-6-18-8(7)10(12,13)11(14,15)16/h3-4,7-8,17H,5-6H2,1-2H3. The second kappa shape index (κ2) is 4.77. The molecule has 0 aliphatic carbocycles. The first-order valence-corrected chi connectivity index (χ1v) is 5.43. The summed E-state index contributed by atoms with van der Waals surface area (Å²) in [5.74, 6) is -5.91. The Morgan fingerprint density at radius 1 is 1.28 bits per heavy atom. The van der Waals surface area contributed by atoms with Crippen LogP contribution in [-0.2, 0) is 4.74 Å². The normalized spacial score (nSPS) is 29.1. The molecule has 0 bridgehead atoms. The molecule has 2 nitrogen and oxygen atoms in total. The highest BCUT2D eigenvalue weighted by Gasteiger charge is 2.67. The lowest BCUT2D eigenvalue weighted by molar-refractivity contribution is -0.353. The molecule has 3 atom stereocenters. The fraction of sp³-hybridized carbons (Fsp3) is 0.818. The van der Waals surface area contributed by atoms with E-state index in [4.69, 9.17) is 0 Å². The fourth-order valence-electron chi connectivity index (χ4n) is 2.01. The number of hydrogen-bond donors (Lipinski definition) is 1. The van der Waals surface area contributed by atoms with Gasteiger partial charge in [0.25, 0.3) is 0 Å². The maximum Gasteiger partial charge on any atom is 0.456 e. The SMILES string of the molecule is CC=CC(C)(O)CC1COC1C(F)(F)C(F)(F)F. The van der Waals surface area contributed by atoms with Crippen LogP contribution in [0.3, 0.4) is 0 Å². The Bertz CT molecular complexity index is 322. The van der Waals surface area contributed by atoms with Crippen LogP contribution in [0.15, 0.2) is 12.2 Å². The average molecular weight is 274 g/mol. The molecular formula is C11H15F5O2. The summed E-state index contributed by atoms with van der Waals surface area (Å²) in [5.41, 5.74) is -1.41. The summed E-state index contributed by atoms with van der Waals surface area (Å²) < 4.78 is 66.9. The molecule has 0 aromatic heterocycles. The third-order valence-electron chi connectivity index (χ3n) is 2.85. The molecule has 1 N–H and O–H groups in total. The molecule has 0 aromatic carbocycles. The van der Waals surface area contributed by atoms with Crippen molar-refractivity contribution in [3.8, 4) is 0 Å². The molecule has 0 saturated carbocycles. The van der Waals surface area contributed by atoms with Crippen molar-refractivity contribution in [3.05, 3.63) is 12.2 Å². The lowest BCUT2D eigenvalue weighted by atomic mass is 9.82. The zero-order valence-electron chi connectivity index (χ0n) is 9.97. The number of allylic oxidation sites excluding steroid dienone is 1. The highest BCUT2D eigenvalue weighted by molar-refractivity contribution is 5.03. The Hall–Kier alpha value is -0.690. The number of alkyl halides is 5. The van der Waals surface area contributed by atoms with Gasteiger partial charge in [-0.2, -0.15) is 22.0 Å². The number of aliphatic hydroxyl groups is 1. The van der Waals surface area contributed by atoms with Crippen LogP contribution in [-0.4, -0.2) is 35.5 Å². The van der Waals surface area contributed by atoms with E-state index in [1.54, 1.807) is 6.92 Å². The molecule has 7 heteroatoms. The van der Waals surface area contributed by atoms with E-state index in [1.165, 1.54) is 19.1 Å². The summed E-state index contributed by atoms with van der Waals surface area (Å²) in [6, 6.07) is 0. The molecule has 1 rings (SSSR count). The molecular weight excluding hydrogens is 259 g/mol. The van der Waals surface area contributed by atoms with Gasteiger partial charge >= 0.3 is 12.1 Å². The molecule has 1 aliphatic rings. The van der Waals surface area contributed by atoms with Crippen LogP contribution in [0.1, 0.15) is 20.3 Å². The van der Waals surface area contributed by atoms with Crippen molar-refractivity contribution in [3.63, 3.8) is 0 Å². The van der Waals surface area contributed by atoms with Gasteiger partial charge in [-0.1, -0.05) is 12.2 Å². The first-order chi connectivity index (χ1) is 8.01.